The zero-order chi connectivity index (χ0) is 17.0. The van der Waals surface area contributed by atoms with Crippen molar-refractivity contribution in [1.82, 2.24) is 4.98 Å². The van der Waals surface area contributed by atoms with Gasteiger partial charge in [0, 0.05) is 13.3 Å². The van der Waals surface area contributed by atoms with Crippen LogP contribution in [0.3, 0.4) is 0 Å². The molecule has 2 rings (SSSR count). The van der Waals surface area contributed by atoms with Crippen LogP contribution in [0.2, 0.25) is 0 Å². The van der Waals surface area contributed by atoms with E-state index in [1.807, 2.05) is 0 Å². The summed E-state index contributed by atoms with van der Waals surface area (Å²) in [5, 5.41) is 3.27. The normalized spacial score (nSPS) is 10.8. The maximum Gasteiger partial charge on any atom is 0.226 e. The lowest BCUT2D eigenvalue weighted by Gasteiger charge is -2.07. The largest absolute Gasteiger partial charge is 0.302 e. The van der Waals surface area contributed by atoms with Gasteiger partial charge in [0.15, 0.2) is 10.9 Å². The number of rotatable bonds is 6. The van der Waals surface area contributed by atoms with Crippen LogP contribution < -0.4 is 5.32 Å². The highest BCUT2D eigenvalue weighted by molar-refractivity contribution is 7.17. The van der Waals surface area contributed by atoms with Gasteiger partial charge in [0.25, 0.3) is 0 Å². The topological polar surface area (TPSA) is 59.1 Å². The Kier molecular flexibility index (Phi) is 5.66. The van der Waals surface area contributed by atoms with Crippen LogP contribution in [0, 0.1) is 6.92 Å². The van der Waals surface area contributed by atoms with Gasteiger partial charge in [0.2, 0.25) is 5.91 Å². The van der Waals surface area contributed by atoms with Gasteiger partial charge in [-0.25, -0.2) is 4.98 Å². The van der Waals surface area contributed by atoms with Crippen molar-refractivity contribution in [2.75, 3.05) is 5.32 Å². The van der Waals surface area contributed by atoms with Crippen molar-refractivity contribution < 1.29 is 9.59 Å². The first-order valence-electron chi connectivity index (χ1n) is 7.74. The molecule has 1 aromatic carbocycles. The molecule has 0 saturated heterocycles. The molecule has 0 saturated carbocycles. The molecule has 0 aliphatic heterocycles. The van der Waals surface area contributed by atoms with Crippen molar-refractivity contribution in [3.63, 3.8) is 0 Å². The van der Waals surface area contributed by atoms with Crippen LogP contribution in [0.1, 0.15) is 59.6 Å². The fraction of sp³-hybridized carbons (Fsp3) is 0.389. The lowest BCUT2D eigenvalue weighted by molar-refractivity contribution is -0.116. The number of benzene rings is 1. The molecule has 1 amide bonds. The minimum atomic E-state index is -0.0817. The van der Waals surface area contributed by atoms with Crippen LogP contribution >= 0.6 is 11.3 Å². The van der Waals surface area contributed by atoms with Crippen molar-refractivity contribution >= 4 is 28.2 Å². The Labute approximate surface area is 141 Å². The molecule has 2 aromatic rings. The van der Waals surface area contributed by atoms with Crippen LogP contribution in [0.4, 0.5) is 5.13 Å². The third-order valence-corrected chi connectivity index (χ3v) is 4.82. The summed E-state index contributed by atoms with van der Waals surface area (Å²) < 4.78 is 0. The van der Waals surface area contributed by atoms with Crippen LogP contribution in [-0.4, -0.2) is 16.7 Å². The molecule has 5 heteroatoms. The molecule has 0 aliphatic carbocycles. The first-order valence-corrected chi connectivity index (χ1v) is 8.55. The summed E-state index contributed by atoms with van der Waals surface area (Å²) in [6, 6.07) is 8.37. The number of Topliss-reactive ketones (excluding diaryl/α,β-unsaturated/α-hetero) is 1. The molecule has 0 atom stereocenters. The number of nitrogens with one attached hydrogen (secondary N) is 1. The van der Waals surface area contributed by atoms with Crippen molar-refractivity contribution in [2.45, 2.75) is 46.5 Å². The predicted octanol–water partition coefficient (Wildman–Crippen LogP) is 4.35. The SMILES string of the molecule is CC(=O)c1sc(NC(=O)CCc2ccc(C(C)C)cc2)nc1C. The summed E-state index contributed by atoms with van der Waals surface area (Å²) in [6.07, 6.45) is 1.09. The minimum Gasteiger partial charge on any atom is -0.302 e. The highest BCUT2D eigenvalue weighted by Gasteiger charge is 2.13. The molecule has 0 bridgehead atoms. The van der Waals surface area contributed by atoms with E-state index in [4.69, 9.17) is 0 Å². The van der Waals surface area contributed by atoms with Crippen LogP contribution in [-0.2, 0) is 11.2 Å². The van der Waals surface area contributed by atoms with E-state index >= 15 is 0 Å². The number of hydrogen-bond acceptors (Lipinski definition) is 4. The molecule has 1 heterocycles. The molecule has 0 unspecified atom stereocenters. The lowest BCUT2D eigenvalue weighted by Crippen LogP contribution is -2.12. The van der Waals surface area contributed by atoms with Gasteiger partial charge in [-0.1, -0.05) is 49.4 Å². The van der Waals surface area contributed by atoms with Crippen molar-refractivity contribution in [3.05, 3.63) is 46.0 Å². The lowest BCUT2D eigenvalue weighted by atomic mass is 10.0. The third kappa shape index (κ3) is 4.73. The van der Waals surface area contributed by atoms with Gasteiger partial charge in [0.05, 0.1) is 10.6 Å². The third-order valence-electron chi connectivity index (χ3n) is 3.65. The van der Waals surface area contributed by atoms with Crippen LogP contribution in [0.15, 0.2) is 24.3 Å². The second-order valence-electron chi connectivity index (χ2n) is 5.93. The number of hydrogen-bond donors (Lipinski definition) is 1. The first-order chi connectivity index (χ1) is 10.9. The highest BCUT2D eigenvalue weighted by Crippen LogP contribution is 2.23. The fourth-order valence-corrected chi connectivity index (χ4v) is 3.16. The Morgan fingerprint density at radius 2 is 1.87 bits per heavy atom. The number of amides is 1. The summed E-state index contributed by atoms with van der Waals surface area (Å²) in [5.74, 6) is 0.406. The Bertz CT molecular complexity index is 702. The average molecular weight is 330 g/mol. The summed E-state index contributed by atoms with van der Waals surface area (Å²) >= 11 is 1.23. The van der Waals surface area contributed by atoms with E-state index in [9.17, 15) is 9.59 Å². The second-order valence-corrected chi connectivity index (χ2v) is 6.93. The fourth-order valence-electron chi connectivity index (χ4n) is 2.29. The van der Waals surface area contributed by atoms with E-state index in [-0.39, 0.29) is 11.7 Å². The van der Waals surface area contributed by atoms with Crippen molar-refractivity contribution in [3.8, 4) is 0 Å². The van der Waals surface area contributed by atoms with Gasteiger partial charge in [-0.3, -0.25) is 9.59 Å². The molecule has 0 aliphatic rings. The zero-order valence-corrected chi connectivity index (χ0v) is 14.8. The van der Waals surface area contributed by atoms with Crippen LogP contribution in [0.5, 0.6) is 0 Å². The average Bonchev–Trinajstić information content (AvgIpc) is 2.86. The number of aromatic nitrogens is 1. The molecule has 1 N–H and O–H groups in total. The molecule has 0 spiro atoms. The summed E-state index contributed by atoms with van der Waals surface area (Å²) in [7, 11) is 0. The van der Waals surface area contributed by atoms with Gasteiger partial charge in [0.1, 0.15) is 0 Å². The Hall–Kier alpha value is -2.01. The van der Waals surface area contributed by atoms with Gasteiger partial charge < -0.3 is 5.32 Å². The maximum atomic E-state index is 12.0. The number of carbonyl (C=O) groups excluding carboxylic acids is 2. The molecule has 4 nitrogen and oxygen atoms in total. The summed E-state index contributed by atoms with van der Waals surface area (Å²) in [6.45, 7) is 7.60. The predicted molar refractivity (Wildman–Crippen MR) is 94.3 cm³/mol. The van der Waals surface area contributed by atoms with E-state index in [1.54, 1.807) is 6.92 Å². The Morgan fingerprint density at radius 1 is 1.22 bits per heavy atom. The standard InChI is InChI=1S/C18H22N2O2S/c1-11(2)15-8-5-14(6-9-15)7-10-16(22)20-18-19-12(3)17(23-18)13(4)21/h5-6,8-9,11H,7,10H2,1-4H3,(H,19,20,22). The number of nitrogens with zero attached hydrogens (tertiary/aromatic N) is 1. The first kappa shape index (κ1) is 17.3. The van der Waals surface area contributed by atoms with E-state index in [2.05, 4.69) is 48.4 Å². The molecular formula is C18H22N2O2S. The number of anilines is 1. The Balaban J connectivity index is 1.90. The number of thiazole rings is 1. The summed E-state index contributed by atoms with van der Waals surface area (Å²) in [5.41, 5.74) is 3.11. The molecule has 1 aromatic heterocycles. The minimum absolute atomic E-state index is 0.0225. The van der Waals surface area contributed by atoms with E-state index < -0.39 is 0 Å². The van der Waals surface area contributed by atoms with Gasteiger partial charge in [-0.15, -0.1) is 0 Å². The summed E-state index contributed by atoms with van der Waals surface area (Å²) in [4.78, 5) is 28.3. The van der Waals surface area contributed by atoms with Crippen LogP contribution in [0.25, 0.3) is 0 Å². The van der Waals surface area contributed by atoms with E-state index in [0.29, 0.717) is 34.5 Å². The molecule has 23 heavy (non-hydrogen) atoms. The molecule has 122 valence electrons. The molecular weight excluding hydrogens is 308 g/mol. The maximum absolute atomic E-state index is 12.0. The molecule has 0 radical (unpaired) electrons. The Morgan fingerprint density at radius 3 is 2.39 bits per heavy atom. The van der Waals surface area contributed by atoms with Gasteiger partial charge >= 0.3 is 0 Å². The monoisotopic (exact) mass is 330 g/mol. The van der Waals surface area contributed by atoms with Crippen molar-refractivity contribution in [2.24, 2.45) is 0 Å². The molecule has 0 fully saturated rings. The van der Waals surface area contributed by atoms with Gasteiger partial charge in [-0.2, -0.15) is 0 Å². The number of aryl methyl sites for hydroxylation is 2. The smallest absolute Gasteiger partial charge is 0.226 e. The number of ketones is 1. The second kappa shape index (κ2) is 7.51. The van der Waals surface area contributed by atoms with Crippen molar-refractivity contribution in [1.29, 1.82) is 0 Å². The van der Waals surface area contributed by atoms with E-state index in [0.717, 1.165) is 5.56 Å². The zero-order valence-electron chi connectivity index (χ0n) is 14.0. The quantitative estimate of drug-likeness (QED) is 0.801. The highest BCUT2D eigenvalue weighted by atomic mass is 32.1. The van der Waals surface area contributed by atoms with E-state index in [1.165, 1.54) is 23.8 Å². The number of carbonyl (C=O) groups is 2. The van der Waals surface area contributed by atoms with Gasteiger partial charge in [-0.05, 0) is 30.4 Å².